The number of likely N-dealkylation sites (tertiary alicyclic amines) is 1. The monoisotopic (exact) mass is 527 g/mol. The summed E-state index contributed by atoms with van der Waals surface area (Å²) >= 11 is 0. The van der Waals surface area contributed by atoms with Crippen molar-refractivity contribution < 1.29 is 38.4 Å². The zero-order chi connectivity index (χ0) is 27.8. The van der Waals surface area contributed by atoms with E-state index in [-0.39, 0.29) is 17.9 Å². The van der Waals surface area contributed by atoms with Gasteiger partial charge in [-0.25, -0.2) is 0 Å². The van der Waals surface area contributed by atoms with Gasteiger partial charge in [-0.1, -0.05) is 13.3 Å². The van der Waals surface area contributed by atoms with Crippen molar-refractivity contribution in [3.05, 3.63) is 52.6 Å². The molecule has 1 heterocycles. The second-order valence-corrected chi connectivity index (χ2v) is 8.98. The normalized spacial score (nSPS) is 16.6. The molecular weight excluding hydrogens is 490 g/mol. The van der Waals surface area contributed by atoms with Gasteiger partial charge in [0, 0.05) is 25.8 Å². The Morgan fingerprint density at radius 1 is 0.921 bits per heavy atom. The third-order valence-electron chi connectivity index (χ3n) is 6.49. The van der Waals surface area contributed by atoms with E-state index in [2.05, 4.69) is 6.92 Å². The number of methoxy groups -OCH3 is 4. The van der Waals surface area contributed by atoms with Crippen LogP contribution in [0.1, 0.15) is 48.9 Å². The van der Waals surface area contributed by atoms with Gasteiger partial charge in [0.05, 0.1) is 39.6 Å². The SMILES string of the molecule is CCCCOc1ccc(C(O)=C2C(=O)C(=O)N(CCCOC)[C@@H]2c2cc(OC)c(OC)c(OC)c2)cc1C. The highest BCUT2D eigenvalue weighted by Crippen LogP contribution is 2.45. The molecule has 2 aromatic rings. The molecule has 0 saturated carbocycles. The van der Waals surface area contributed by atoms with Gasteiger partial charge in [0.25, 0.3) is 11.7 Å². The molecule has 2 aromatic carbocycles. The largest absolute Gasteiger partial charge is 0.507 e. The van der Waals surface area contributed by atoms with Crippen LogP contribution in [0.2, 0.25) is 0 Å². The van der Waals surface area contributed by atoms with Crippen molar-refractivity contribution in [2.75, 3.05) is 48.2 Å². The fraction of sp³-hybridized carbons (Fsp3) is 0.448. The van der Waals surface area contributed by atoms with Crippen molar-refractivity contribution in [2.24, 2.45) is 0 Å². The first-order valence-electron chi connectivity index (χ1n) is 12.6. The zero-order valence-electron chi connectivity index (χ0n) is 23.0. The number of rotatable bonds is 13. The number of hydrogen-bond donors (Lipinski definition) is 1. The van der Waals surface area contributed by atoms with Crippen LogP contribution in [0.15, 0.2) is 35.9 Å². The average molecular weight is 528 g/mol. The number of Topliss-reactive ketones (excluding diaryl/α,β-unsaturated/α-hetero) is 1. The molecule has 9 heteroatoms. The Hall–Kier alpha value is -3.72. The number of amides is 1. The molecule has 1 aliphatic rings. The van der Waals surface area contributed by atoms with Crippen LogP contribution in [0.25, 0.3) is 5.76 Å². The highest BCUT2D eigenvalue weighted by Gasteiger charge is 2.46. The molecule has 9 nitrogen and oxygen atoms in total. The summed E-state index contributed by atoms with van der Waals surface area (Å²) in [5, 5.41) is 11.4. The van der Waals surface area contributed by atoms with Gasteiger partial charge in [-0.3, -0.25) is 9.59 Å². The lowest BCUT2D eigenvalue weighted by Gasteiger charge is -2.26. The molecule has 1 N–H and O–H groups in total. The Morgan fingerprint density at radius 2 is 1.61 bits per heavy atom. The van der Waals surface area contributed by atoms with E-state index in [0.717, 1.165) is 18.4 Å². The van der Waals surface area contributed by atoms with Crippen molar-refractivity contribution >= 4 is 17.4 Å². The first-order valence-corrected chi connectivity index (χ1v) is 12.6. The molecule has 0 unspecified atom stereocenters. The van der Waals surface area contributed by atoms with Crippen molar-refractivity contribution in [3.63, 3.8) is 0 Å². The van der Waals surface area contributed by atoms with Gasteiger partial charge in [0.2, 0.25) is 5.75 Å². The van der Waals surface area contributed by atoms with Crippen LogP contribution < -0.4 is 18.9 Å². The first kappa shape index (κ1) is 28.8. The lowest BCUT2D eigenvalue weighted by Crippen LogP contribution is -2.31. The molecular formula is C29H37NO8. The van der Waals surface area contributed by atoms with Crippen molar-refractivity contribution in [2.45, 2.75) is 39.2 Å². The van der Waals surface area contributed by atoms with Crippen molar-refractivity contribution in [1.29, 1.82) is 0 Å². The molecule has 1 fully saturated rings. The third kappa shape index (κ3) is 5.88. The number of carbonyl (C=O) groups is 2. The van der Waals surface area contributed by atoms with Crippen LogP contribution in [0, 0.1) is 6.92 Å². The zero-order valence-corrected chi connectivity index (χ0v) is 23.0. The number of carbonyl (C=O) groups excluding carboxylic acids is 2. The second kappa shape index (κ2) is 13.2. The third-order valence-corrected chi connectivity index (χ3v) is 6.49. The highest BCUT2D eigenvalue weighted by atomic mass is 16.5. The van der Waals surface area contributed by atoms with Crippen LogP contribution in [0.5, 0.6) is 23.0 Å². The van der Waals surface area contributed by atoms with Gasteiger partial charge in [0.1, 0.15) is 11.5 Å². The number of ketones is 1. The number of hydrogen-bond acceptors (Lipinski definition) is 8. The van der Waals surface area contributed by atoms with E-state index in [4.69, 9.17) is 23.7 Å². The number of aryl methyl sites for hydroxylation is 1. The predicted octanol–water partition coefficient (Wildman–Crippen LogP) is 4.66. The minimum atomic E-state index is -0.874. The molecule has 1 atom stereocenters. The van der Waals surface area contributed by atoms with Gasteiger partial charge >= 0.3 is 0 Å². The maximum atomic E-state index is 13.4. The highest BCUT2D eigenvalue weighted by molar-refractivity contribution is 6.46. The average Bonchev–Trinajstić information content (AvgIpc) is 3.17. The predicted molar refractivity (Wildman–Crippen MR) is 143 cm³/mol. The van der Waals surface area contributed by atoms with E-state index >= 15 is 0 Å². The Kier molecular flexibility index (Phi) is 10.0. The number of aliphatic hydroxyl groups is 1. The Balaban J connectivity index is 2.16. The maximum absolute atomic E-state index is 13.4. The fourth-order valence-corrected chi connectivity index (χ4v) is 4.54. The Labute approximate surface area is 223 Å². The molecule has 0 spiro atoms. The molecule has 0 bridgehead atoms. The number of ether oxygens (including phenoxy) is 5. The molecule has 0 aliphatic carbocycles. The Bertz CT molecular complexity index is 1160. The lowest BCUT2D eigenvalue weighted by molar-refractivity contribution is -0.140. The van der Waals surface area contributed by atoms with Gasteiger partial charge in [-0.15, -0.1) is 0 Å². The van der Waals surface area contributed by atoms with Crippen LogP contribution in [0.3, 0.4) is 0 Å². The van der Waals surface area contributed by atoms with Crippen LogP contribution in [0.4, 0.5) is 0 Å². The molecule has 1 amide bonds. The van der Waals surface area contributed by atoms with E-state index in [1.165, 1.54) is 26.2 Å². The number of aliphatic hydroxyl groups excluding tert-OH is 1. The first-order chi connectivity index (χ1) is 18.3. The minimum Gasteiger partial charge on any atom is -0.507 e. The summed E-state index contributed by atoms with van der Waals surface area (Å²) in [6.07, 6.45) is 2.46. The molecule has 1 aliphatic heterocycles. The summed E-state index contributed by atoms with van der Waals surface area (Å²) in [6.45, 7) is 5.21. The molecule has 206 valence electrons. The minimum absolute atomic E-state index is 0.0132. The van der Waals surface area contributed by atoms with Gasteiger partial charge in [-0.2, -0.15) is 0 Å². The van der Waals surface area contributed by atoms with Crippen LogP contribution in [-0.2, 0) is 14.3 Å². The molecule has 0 aromatic heterocycles. The summed E-state index contributed by atoms with van der Waals surface area (Å²) in [5.41, 5.74) is 1.75. The van der Waals surface area contributed by atoms with Gasteiger partial charge in [0.15, 0.2) is 11.5 Å². The van der Waals surface area contributed by atoms with E-state index in [9.17, 15) is 14.7 Å². The van der Waals surface area contributed by atoms with Gasteiger partial charge in [-0.05, 0) is 61.2 Å². The summed E-state index contributed by atoms with van der Waals surface area (Å²) in [4.78, 5) is 28.0. The quantitative estimate of drug-likeness (QED) is 0.174. The second-order valence-electron chi connectivity index (χ2n) is 8.98. The molecule has 3 rings (SSSR count). The number of unbranched alkanes of at least 4 members (excludes halogenated alkanes) is 1. The fourth-order valence-electron chi connectivity index (χ4n) is 4.54. The van der Waals surface area contributed by atoms with E-state index in [0.29, 0.717) is 53.8 Å². The summed E-state index contributed by atoms with van der Waals surface area (Å²) in [5.74, 6) is 0.0971. The molecule has 0 radical (unpaired) electrons. The number of benzene rings is 2. The smallest absolute Gasteiger partial charge is 0.295 e. The maximum Gasteiger partial charge on any atom is 0.295 e. The van der Waals surface area contributed by atoms with Gasteiger partial charge < -0.3 is 33.7 Å². The summed E-state index contributed by atoms with van der Waals surface area (Å²) < 4.78 is 27.5. The number of nitrogens with zero attached hydrogens (tertiary/aromatic N) is 1. The van der Waals surface area contributed by atoms with Crippen LogP contribution in [-0.4, -0.2) is 69.9 Å². The van der Waals surface area contributed by atoms with Crippen molar-refractivity contribution in [1.82, 2.24) is 4.90 Å². The summed E-state index contributed by atoms with van der Waals surface area (Å²) in [6, 6.07) is 7.70. The molecule has 1 saturated heterocycles. The lowest BCUT2D eigenvalue weighted by atomic mass is 9.94. The van der Waals surface area contributed by atoms with E-state index < -0.39 is 17.7 Å². The van der Waals surface area contributed by atoms with E-state index in [1.54, 1.807) is 37.4 Å². The van der Waals surface area contributed by atoms with Crippen molar-refractivity contribution in [3.8, 4) is 23.0 Å². The summed E-state index contributed by atoms with van der Waals surface area (Å²) in [7, 11) is 6.05. The molecule has 38 heavy (non-hydrogen) atoms. The van der Waals surface area contributed by atoms with E-state index in [1.807, 2.05) is 6.92 Å². The van der Waals surface area contributed by atoms with Crippen LogP contribution >= 0.6 is 0 Å². The standard InChI is InChI=1S/C29H37NO8/c1-7-8-14-38-21-11-10-19(15-18(21)2)26(31)24-25(30(12-9-13-34-3)29(33)27(24)32)20-16-22(35-4)28(37-6)23(17-20)36-5/h10-11,15-17,25,31H,7-9,12-14H2,1-6H3/t25-/m1/s1. The Morgan fingerprint density at radius 3 is 2.16 bits per heavy atom. The topological polar surface area (TPSA) is 104 Å².